The van der Waals surface area contributed by atoms with Crippen LogP contribution in [0.5, 0.6) is 11.5 Å². The highest BCUT2D eigenvalue weighted by atomic mass is 127. The van der Waals surface area contributed by atoms with E-state index < -0.39 is 0 Å². The topological polar surface area (TPSA) is 75.2 Å². The van der Waals surface area contributed by atoms with Gasteiger partial charge in [0.05, 0.1) is 20.8 Å². The first-order chi connectivity index (χ1) is 12.6. The van der Waals surface area contributed by atoms with Crippen LogP contribution in [0.4, 0.5) is 0 Å². The molecule has 0 spiro atoms. The van der Waals surface area contributed by atoms with Gasteiger partial charge in [-0.3, -0.25) is 4.79 Å². The summed E-state index contributed by atoms with van der Waals surface area (Å²) >= 11 is 0. The van der Waals surface area contributed by atoms with Crippen molar-refractivity contribution in [3.8, 4) is 11.5 Å². The molecule has 0 aromatic heterocycles. The van der Waals surface area contributed by atoms with E-state index in [0.29, 0.717) is 37.0 Å². The number of guanidine groups is 1. The number of benzene rings is 1. The average molecular weight is 492 g/mol. The van der Waals surface area contributed by atoms with Crippen molar-refractivity contribution in [2.75, 3.05) is 40.4 Å². The van der Waals surface area contributed by atoms with Gasteiger partial charge in [0.15, 0.2) is 17.5 Å². The maximum absolute atomic E-state index is 12.1. The second-order valence-electron chi connectivity index (χ2n) is 5.59. The SMILES string of the molecule is CCNC(=NCc1cccc(OC)c1OC)NCCC(=O)N(CC)CC.I. The summed E-state index contributed by atoms with van der Waals surface area (Å²) in [7, 11) is 3.23. The van der Waals surface area contributed by atoms with Gasteiger partial charge >= 0.3 is 0 Å². The maximum atomic E-state index is 12.1. The van der Waals surface area contributed by atoms with Crippen molar-refractivity contribution in [3.05, 3.63) is 23.8 Å². The summed E-state index contributed by atoms with van der Waals surface area (Å²) in [5.41, 5.74) is 0.934. The first-order valence-electron chi connectivity index (χ1n) is 9.10. The van der Waals surface area contributed by atoms with E-state index >= 15 is 0 Å². The number of hydrogen-bond acceptors (Lipinski definition) is 4. The van der Waals surface area contributed by atoms with Crippen LogP contribution in [0.15, 0.2) is 23.2 Å². The molecule has 1 rings (SSSR count). The third-order valence-corrected chi connectivity index (χ3v) is 3.98. The molecule has 154 valence electrons. The zero-order valence-corrected chi connectivity index (χ0v) is 19.3. The largest absolute Gasteiger partial charge is 0.493 e. The molecule has 7 nitrogen and oxygen atoms in total. The fourth-order valence-corrected chi connectivity index (χ4v) is 2.61. The van der Waals surface area contributed by atoms with E-state index in [2.05, 4.69) is 15.6 Å². The van der Waals surface area contributed by atoms with Crippen LogP contribution in [0.3, 0.4) is 0 Å². The van der Waals surface area contributed by atoms with Gasteiger partial charge in [0.25, 0.3) is 0 Å². The fourth-order valence-electron chi connectivity index (χ4n) is 2.61. The van der Waals surface area contributed by atoms with Gasteiger partial charge in [-0.25, -0.2) is 4.99 Å². The molecule has 0 atom stereocenters. The lowest BCUT2D eigenvalue weighted by molar-refractivity contribution is -0.130. The van der Waals surface area contributed by atoms with E-state index in [0.717, 1.165) is 25.2 Å². The monoisotopic (exact) mass is 492 g/mol. The molecule has 2 N–H and O–H groups in total. The quantitative estimate of drug-likeness (QED) is 0.299. The Morgan fingerprint density at radius 1 is 1.11 bits per heavy atom. The Bertz CT molecular complexity index is 592. The summed E-state index contributed by atoms with van der Waals surface area (Å²) in [5.74, 6) is 2.19. The van der Waals surface area contributed by atoms with Crippen molar-refractivity contribution < 1.29 is 14.3 Å². The minimum atomic E-state index is 0. The Morgan fingerprint density at radius 3 is 2.37 bits per heavy atom. The van der Waals surface area contributed by atoms with Crippen LogP contribution < -0.4 is 20.1 Å². The Morgan fingerprint density at radius 2 is 1.81 bits per heavy atom. The lowest BCUT2D eigenvalue weighted by Crippen LogP contribution is -2.40. The van der Waals surface area contributed by atoms with Crippen LogP contribution in [0.2, 0.25) is 0 Å². The van der Waals surface area contributed by atoms with Crippen LogP contribution in [0.25, 0.3) is 0 Å². The highest BCUT2D eigenvalue weighted by molar-refractivity contribution is 14.0. The molecular formula is C19H33IN4O3. The van der Waals surface area contributed by atoms with Crippen molar-refractivity contribution in [2.24, 2.45) is 4.99 Å². The van der Waals surface area contributed by atoms with Crippen molar-refractivity contribution in [3.63, 3.8) is 0 Å². The van der Waals surface area contributed by atoms with E-state index in [1.165, 1.54) is 0 Å². The van der Waals surface area contributed by atoms with Crippen molar-refractivity contribution >= 4 is 35.8 Å². The molecule has 0 aliphatic carbocycles. The normalized spacial score (nSPS) is 10.6. The lowest BCUT2D eigenvalue weighted by atomic mass is 10.2. The lowest BCUT2D eigenvalue weighted by Gasteiger charge is -2.19. The Balaban J connectivity index is 0.00000676. The third kappa shape index (κ3) is 8.23. The third-order valence-electron chi connectivity index (χ3n) is 3.98. The number of para-hydroxylation sites is 1. The summed E-state index contributed by atoms with van der Waals surface area (Å²) in [5, 5.41) is 6.40. The van der Waals surface area contributed by atoms with E-state index in [9.17, 15) is 4.79 Å². The number of aliphatic imine (C=N–C) groups is 1. The number of hydrogen-bond donors (Lipinski definition) is 2. The van der Waals surface area contributed by atoms with Crippen LogP contribution in [0, 0.1) is 0 Å². The predicted molar refractivity (Wildman–Crippen MR) is 120 cm³/mol. The van der Waals surface area contributed by atoms with Gasteiger partial charge in [0.2, 0.25) is 5.91 Å². The molecule has 1 amide bonds. The summed E-state index contributed by atoms with van der Waals surface area (Å²) in [4.78, 5) is 18.5. The molecule has 0 heterocycles. The van der Waals surface area contributed by atoms with Crippen molar-refractivity contribution in [1.82, 2.24) is 15.5 Å². The highest BCUT2D eigenvalue weighted by Gasteiger charge is 2.11. The zero-order valence-electron chi connectivity index (χ0n) is 17.0. The zero-order chi connectivity index (χ0) is 19.4. The minimum Gasteiger partial charge on any atom is -0.493 e. The highest BCUT2D eigenvalue weighted by Crippen LogP contribution is 2.30. The Labute approximate surface area is 179 Å². The number of rotatable bonds is 10. The number of nitrogens with zero attached hydrogens (tertiary/aromatic N) is 2. The molecule has 0 bridgehead atoms. The number of carbonyl (C=O) groups is 1. The standard InChI is InChI=1S/C19H32N4O3.HI/c1-6-20-19(21-13-12-17(24)23(7-2)8-3)22-14-15-10-9-11-16(25-4)18(15)26-5;/h9-11H,6-8,12-14H2,1-5H3,(H2,20,21,22);1H. The molecule has 0 radical (unpaired) electrons. The molecule has 0 aliphatic rings. The number of nitrogens with one attached hydrogen (secondary N) is 2. The Hall–Kier alpha value is -1.71. The van der Waals surface area contributed by atoms with Crippen LogP contribution >= 0.6 is 24.0 Å². The molecule has 8 heteroatoms. The van der Waals surface area contributed by atoms with Crippen molar-refractivity contribution in [1.29, 1.82) is 0 Å². The van der Waals surface area contributed by atoms with Crippen molar-refractivity contribution in [2.45, 2.75) is 33.7 Å². The maximum Gasteiger partial charge on any atom is 0.224 e. The minimum absolute atomic E-state index is 0. The van der Waals surface area contributed by atoms with Gasteiger partial charge in [0.1, 0.15) is 0 Å². The van der Waals surface area contributed by atoms with Gasteiger partial charge in [-0.2, -0.15) is 0 Å². The first-order valence-corrected chi connectivity index (χ1v) is 9.10. The van der Waals surface area contributed by atoms with E-state index in [-0.39, 0.29) is 29.9 Å². The molecule has 1 aromatic carbocycles. The van der Waals surface area contributed by atoms with Gasteiger partial charge in [0, 0.05) is 38.2 Å². The van der Waals surface area contributed by atoms with Crippen LogP contribution in [-0.2, 0) is 11.3 Å². The number of methoxy groups -OCH3 is 2. The summed E-state index contributed by atoms with van der Waals surface area (Å²) < 4.78 is 10.8. The van der Waals surface area contributed by atoms with E-state index in [4.69, 9.17) is 9.47 Å². The molecule has 0 unspecified atom stereocenters. The molecule has 0 saturated heterocycles. The van der Waals surface area contributed by atoms with Gasteiger partial charge in [-0.15, -0.1) is 24.0 Å². The Kier molecular flexibility index (Phi) is 13.5. The number of ether oxygens (including phenoxy) is 2. The first kappa shape index (κ1) is 25.3. The van der Waals surface area contributed by atoms with Gasteiger partial charge < -0.3 is 25.0 Å². The molecule has 27 heavy (non-hydrogen) atoms. The summed E-state index contributed by atoms with van der Waals surface area (Å²) in [6.07, 6.45) is 0.439. The van der Waals surface area contributed by atoms with Crippen LogP contribution in [0.1, 0.15) is 32.8 Å². The number of amides is 1. The molecule has 1 aromatic rings. The molecule has 0 fully saturated rings. The number of halogens is 1. The average Bonchev–Trinajstić information content (AvgIpc) is 2.66. The second kappa shape index (κ2) is 14.4. The molecule has 0 saturated carbocycles. The van der Waals surface area contributed by atoms with Crippen LogP contribution in [-0.4, -0.2) is 57.2 Å². The summed E-state index contributed by atoms with van der Waals surface area (Å²) in [6, 6.07) is 5.72. The van der Waals surface area contributed by atoms with E-state index in [1.54, 1.807) is 14.2 Å². The molecular weight excluding hydrogens is 459 g/mol. The van der Waals surface area contributed by atoms with Gasteiger partial charge in [-0.05, 0) is 26.8 Å². The summed E-state index contributed by atoms with van der Waals surface area (Å²) in [6.45, 7) is 9.17. The number of carbonyl (C=O) groups excluding carboxylic acids is 1. The van der Waals surface area contributed by atoms with Gasteiger partial charge in [-0.1, -0.05) is 12.1 Å². The second-order valence-corrected chi connectivity index (χ2v) is 5.59. The van der Waals surface area contributed by atoms with E-state index in [1.807, 2.05) is 43.9 Å². The predicted octanol–water partition coefficient (Wildman–Crippen LogP) is 2.64. The smallest absolute Gasteiger partial charge is 0.224 e. The molecule has 0 aliphatic heterocycles. The fraction of sp³-hybridized carbons (Fsp3) is 0.579.